The maximum atomic E-state index is 12.8. The number of ether oxygens (including phenoxy) is 1. The number of hydrogen-bond acceptors (Lipinski definition) is 4. The first-order chi connectivity index (χ1) is 14.4. The summed E-state index contributed by atoms with van der Waals surface area (Å²) in [5.74, 6) is -0.388. The third kappa shape index (κ3) is 5.41. The van der Waals surface area contributed by atoms with Crippen LogP contribution in [0.4, 0.5) is 5.69 Å². The Morgan fingerprint density at radius 3 is 2.33 bits per heavy atom. The van der Waals surface area contributed by atoms with Crippen molar-refractivity contribution in [3.8, 4) is 0 Å². The second-order valence-corrected chi connectivity index (χ2v) is 8.33. The van der Waals surface area contributed by atoms with Crippen LogP contribution in [0.5, 0.6) is 0 Å². The van der Waals surface area contributed by atoms with E-state index in [1.165, 1.54) is 24.9 Å². The van der Waals surface area contributed by atoms with Crippen molar-refractivity contribution in [3.05, 3.63) is 65.2 Å². The predicted octanol–water partition coefficient (Wildman–Crippen LogP) is 4.45. The molecule has 5 heteroatoms. The lowest BCUT2D eigenvalue weighted by Crippen LogP contribution is -2.43. The fourth-order valence-corrected chi connectivity index (χ4v) is 4.03. The van der Waals surface area contributed by atoms with Crippen LogP contribution >= 0.6 is 0 Å². The van der Waals surface area contributed by atoms with Gasteiger partial charge in [0.1, 0.15) is 0 Å². The summed E-state index contributed by atoms with van der Waals surface area (Å²) in [5.41, 5.74) is 3.22. The van der Waals surface area contributed by atoms with Crippen LogP contribution in [-0.4, -0.2) is 31.6 Å². The van der Waals surface area contributed by atoms with Crippen molar-refractivity contribution in [1.82, 2.24) is 5.32 Å². The Balaban J connectivity index is 1.68. The quantitative estimate of drug-likeness (QED) is 0.688. The molecule has 0 bridgehead atoms. The number of esters is 1. The zero-order valence-corrected chi connectivity index (χ0v) is 18.2. The monoisotopic (exact) mass is 408 g/mol. The highest BCUT2D eigenvalue weighted by Crippen LogP contribution is 2.32. The molecule has 5 nitrogen and oxygen atoms in total. The molecule has 30 heavy (non-hydrogen) atoms. The molecule has 0 saturated carbocycles. The van der Waals surface area contributed by atoms with E-state index < -0.39 is 5.54 Å². The summed E-state index contributed by atoms with van der Waals surface area (Å²) < 4.78 is 5.00. The van der Waals surface area contributed by atoms with E-state index in [0.717, 1.165) is 24.2 Å². The Kier molecular flexibility index (Phi) is 7.14. The fourth-order valence-electron chi connectivity index (χ4n) is 4.03. The highest BCUT2D eigenvalue weighted by molar-refractivity contribution is 5.89. The number of nitrogens with zero attached hydrogens (tertiary/aromatic N) is 1. The van der Waals surface area contributed by atoms with Crippen LogP contribution in [0.1, 0.15) is 61.5 Å². The van der Waals surface area contributed by atoms with E-state index in [1.54, 1.807) is 31.2 Å². The van der Waals surface area contributed by atoms with Crippen LogP contribution in [0.2, 0.25) is 0 Å². The molecule has 1 saturated heterocycles. The molecular weight excluding hydrogens is 376 g/mol. The summed E-state index contributed by atoms with van der Waals surface area (Å²) in [6.07, 6.45) is 3.97. The lowest BCUT2D eigenvalue weighted by atomic mass is 9.91. The minimum atomic E-state index is -0.490. The summed E-state index contributed by atoms with van der Waals surface area (Å²) in [5, 5.41) is 3.20. The Morgan fingerprint density at radius 2 is 1.67 bits per heavy atom. The lowest BCUT2D eigenvalue weighted by molar-refractivity contribution is -0.122. The van der Waals surface area contributed by atoms with E-state index >= 15 is 0 Å². The van der Waals surface area contributed by atoms with Crippen molar-refractivity contribution >= 4 is 17.6 Å². The molecule has 0 unspecified atom stereocenters. The summed E-state index contributed by atoms with van der Waals surface area (Å²) in [6.45, 7) is 8.36. The molecule has 2 aromatic rings. The van der Waals surface area contributed by atoms with Crippen molar-refractivity contribution in [1.29, 1.82) is 0 Å². The van der Waals surface area contributed by atoms with Crippen LogP contribution in [0.25, 0.3) is 0 Å². The number of anilines is 1. The molecule has 1 fully saturated rings. The van der Waals surface area contributed by atoms with Gasteiger partial charge in [-0.15, -0.1) is 0 Å². The molecule has 1 aliphatic heterocycles. The van der Waals surface area contributed by atoms with Crippen LogP contribution < -0.4 is 10.2 Å². The molecule has 2 aromatic carbocycles. The number of amides is 1. The van der Waals surface area contributed by atoms with Gasteiger partial charge in [0.25, 0.3) is 0 Å². The van der Waals surface area contributed by atoms with E-state index in [9.17, 15) is 9.59 Å². The SMILES string of the molecule is CCOC(=O)c1ccc(CC(=O)NC(C)(C)c2ccccc2N2CCCCC2)cc1. The lowest BCUT2D eigenvalue weighted by Gasteiger charge is -2.36. The van der Waals surface area contributed by atoms with Crippen LogP contribution in [0, 0.1) is 0 Å². The number of rotatable bonds is 7. The second kappa shape index (κ2) is 9.79. The first kappa shape index (κ1) is 21.9. The van der Waals surface area contributed by atoms with Gasteiger partial charge in [-0.2, -0.15) is 0 Å². The van der Waals surface area contributed by atoms with Crippen molar-refractivity contribution in [2.75, 3.05) is 24.6 Å². The number of hydrogen-bond donors (Lipinski definition) is 1. The predicted molar refractivity (Wildman–Crippen MR) is 120 cm³/mol. The highest BCUT2D eigenvalue weighted by atomic mass is 16.5. The summed E-state index contributed by atoms with van der Waals surface area (Å²) in [6, 6.07) is 15.4. The molecule has 0 radical (unpaired) electrons. The van der Waals surface area contributed by atoms with E-state index in [4.69, 9.17) is 4.74 Å². The van der Waals surface area contributed by atoms with Crippen LogP contribution in [0.3, 0.4) is 0 Å². The highest BCUT2D eigenvalue weighted by Gasteiger charge is 2.27. The number of piperidine rings is 1. The largest absolute Gasteiger partial charge is 0.462 e. The summed E-state index contributed by atoms with van der Waals surface area (Å²) in [4.78, 5) is 27.0. The standard InChI is InChI=1S/C25H32N2O3/c1-4-30-24(29)20-14-12-19(13-15-20)18-23(28)26-25(2,3)21-10-6-7-11-22(21)27-16-8-5-9-17-27/h6-7,10-15H,4-5,8-9,16-18H2,1-3H3,(H,26,28). The van der Waals surface area contributed by atoms with Gasteiger partial charge in [0.05, 0.1) is 24.1 Å². The Labute approximate surface area is 179 Å². The topological polar surface area (TPSA) is 58.6 Å². The third-order valence-electron chi connectivity index (χ3n) is 5.56. The van der Waals surface area contributed by atoms with Crippen LogP contribution in [-0.2, 0) is 21.5 Å². The maximum absolute atomic E-state index is 12.8. The normalized spacial score (nSPS) is 14.3. The zero-order valence-electron chi connectivity index (χ0n) is 18.2. The first-order valence-electron chi connectivity index (χ1n) is 10.8. The van der Waals surface area contributed by atoms with Gasteiger partial charge in [0, 0.05) is 24.3 Å². The van der Waals surface area contributed by atoms with Gasteiger partial charge in [-0.1, -0.05) is 30.3 Å². The first-order valence-corrected chi connectivity index (χ1v) is 10.8. The van der Waals surface area contributed by atoms with Crippen molar-refractivity contribution in [2.24, 2.45) is 0 Å². The molecule has 0 aliphatic carbocycles. The average molecular weight is 409 g/mol. The fraction of sp³-hybridized carbons (Fsp3) is 0.440. The molecule has 1 heterocycles. The average Bonchev–Trinajstić information content (AvgIpc) is 2.74. The molecule has 0 aromatic heterocycles. The molecule has 0 spiro atoms. The molecular formula is C25H32N2O3. The Bertz CT molecular complexity index is 868. The van der Waals surface area contributed by atoms with Crippen molar-refractivity contribution in [2.45, 2.75) is 52.0 Å². The Morgan fingerprint density at radius 1 is 1.00 bits per heavy atom. The molecule has 1 N–H and O–H groups in total. The van der Waals surface area contributed by atoms with E-state index in [1.807, 2.05) is 6.07 Å². The maximum Gasteiger partial charge on any atom is 0.338 e. The molecule has 0 atom stereocenters. The minimum Gasteiger partial charge on any atom is -0.462 e. The van der Waals surface area contributed by atoms with Gasteiger partial charge >= 0.3 is 5.97 Å². The minimum absolute atomic E-state index is 0.0441. The Hall–Kier alpha value is -2.82. The molecule has 1 aliphatic rings. The van der Waals surface area contributed by atoms with E-state index in [2.05, 4.69) is 42.3 Å². The van der Waals surface area contributed by atoms with Gasteiger partial charge in [-0.3, -0.25) is 4.79 Å². The number of para-hydroxylation sites is 1. The van der Waals surface area contributed by atoms with Gasteiger partial charge in [0.15, 0.2) is 0 Å². The molecule has 1 amide bonds. The van der Waals surface area contributed by atoms with Gasteiger partial charge in [0.2, 0.25) is 5.91 Å². The summed E-state index contributed by atoms with van der Waals surface area (Å²) >= 11 is 0. The van der Waals surface area contributed by atoms with Gasteiger partial charge in [-0.05, 0) is 63.8 Å². The van der Waals surface area contributed by atoms with Gasteiger partial charge < -0.3 is 15.0 Å². The number of carbonyl (C=O) groups is 2. The van der Waals surface area contributed by atoms with E-state index in [-0.39, 0.29) is 18.3 Å². The molecule has 160 valence electrons. The van der Waals surface area contributed by atoms with Crippen molar-refractivity contribution < 1.29 is 14.3 Å². The number of nitrogens with one attached hydrogen (secondary N) is 1. The zero-order chi connectivity index (χ0) is 21.6. The second-order valence-electron chi connectivity index (χ2n) is 8.33. The number of carbonyl (C=O) groups excluding carboxylic acids is 2. The van der Waals surface area contributed by atoms with Crippen molar-refractivity contribution in [3.63, 3.8) is 0 Å². The third-order valence-corrected chi connectivity index (χ3v) is 5.56. The smallest absolute Gasteiger partial charge is 0.338 e. The van der Waals surface area contributed by atoms with E-state index in [0.29, 0.717) is 12.2 Å². The summed E-state index contributed by atoms with van der Waals surface area (Å²) in [7, 11) is 0. The van der Waals surface area contributed by atoms with Gasteiger partial charge in [-0.25, -0.2) is 4.79 Å². The molecule has 3 rings (SSSR count). The van der Waals surface area contributed by atoms with Crippen LogP contribution in [0.15, 0.2) is 48.5 Å². The number of benzene rings is 2.